The van der Waals surface area contributed by atoms with Crippen molar-refractivity contribution in [1.82, 2.24) is 0 Å². The molecule has 1 fully saturated rings. The zero-order valence-corrected chi connectivity index (χ0v) is 8.68. The Bertz CT molecular complexity index is 120. The van der Waals surface area contributed by atoms with Gasteiger partial charge in [0.1, 0.15) is 0 Å². The SMILES string of the molecule is COC1CCCC(C(C)C)CC1. The third-order valence-corrected chi connectivity index (χ3v) is 3.24. The van der Waals surface area contributed by atoms with Crippen LogP contribution >= 0.6 is 0 Å². The van der Waals surface area contributed by atoms with E-state index in [9.17, 15) is 0 Å². The predicted molar refractivity (Wildman–Crippen MR) is 52.2 cm³/mol. The minimum absolute atomic E-state index is 0.550. The van der Waals surface area contributed by atoms with Gasteiger partial charge in [0.25, 0.3) is 0 Å². The molecule has 1 rings (SSSR count). The number of hydrogen-bond acceptors (Lipinski definition) is 1. The molecule has 1 aliphatic rings. The van der Waals surface area contributed by atoms with Gasteiger partial charge in [-0.1, -0.05) is 26.7 Å². The average molecular weight is 170 g/mol. The molecule has 2 atom stereocenters. The van der Waals surface area contributed by atoms with E-state index in [2.05, 4.69) is 13.8 Å². The first-order valence-corrected chi connectivity index (χ1v) is 5.26. The van der Waals surface area contributed by atoms with Gasteiger partial charge in [0.05, 0.1) is 6.10 Å². The van der Waals surface area contributed by atoms with Crippen LogP contribution < -0.4 is 0 Å². The summed E-state index contributed by atoms with van der Waals surface area (Å²) in [5.41, 5.74) is 0. The third-order valence-electron chi connectivity index (χ3n) is 3.24. The Labute approximate surface area is 76.5 Å². The summed E-state index contributed by atoms with van der Waals surface area (Å²) in [6.45, 7) is 4.69. The highest BCUT2D eigenvalue weighted by atomic mass is 16.5. The molecular formula is C11H22O. The Balaban J connectivity index is 2.34. The molecular weight excluding hydrogens is 148 g/mol. The van der Waals surface area contributed by atoms with Gasteiger partial charge in [0.15, 0.2) is 0 Å². The molecule has 0 amide bonds. The standard InChI is InChI=1S/C11H22O/c1-9(2)10-5-4-6-11(12-3)8-7-10/h9-11H,4-8H2,1-3H3. The van der Waals surface area contributed by atoms with Crippen LogP contribution in [0.1, 0.15) is 46.0 Å². The highest BCUT2D eigenvalue weighted by Crippen LogP contribution is 2.29. The van der Waals surface area contributed by atoms with Gasteiger partial charge >= 0.3 is 0 Å². The van der Waals surface area contributed by atoms with E-state index in [0.29, 0.717) is 6.10 Å². The Kier molecular flexibility index (Phi) is 4.07. The number of methoxy groups -OCH3 is 1. The van der Waals surface area contributed by atoms with E-state index in [1.54, 1.807) is 0 Å². The molecule has 0 aromatic carbocycles. The van der Waals surface area contributed by atoms with Gasteiger partial charge in [0, 0.05) is 7.11 Å². The topological polar surface area (TPSA) is 9.23 Å². The van der Waals surface area contributed by atoms with Gasteiger partial charge in [-0.15, -0.1) is 0 Å². The molecule has 0 aromatic heterocycles. The molecule has 0 radical (unpaired) electrons. The fourth-order valence-corrected chi connectivity index (χ4v) is 2.20. The molecule has 72 valence electrons. The van der Waals surface area contributed by atoms with Gasteiger partial charge in [-0.3, -0.25) is 0 Å². The van der Waals surface area contributed by atoms with Gasteiger partial charge in [-0.2, -0.15) is 0 Å². The quantitative estimate of drug-likeness (QED) is 0.578. The summed E-state index contributed by atoms with van der Waals surface area (Å²) in [6.07, 6.45) is 7.25. The lowest BCUT2D eigenvalue weighted by Gasteiger charge is -2.18. The summed E-state index contributed by atoms with van der Waals surface area (Å²) in [5.74, 6) is 1.81. The van der Waals surface area contributed by atoms with Crippen LogP contribution in [-0.2, 0) is 4.74 Å². The van der Waals surface area contributed by atoms with Crippen molar-refractivity contribution in [2.75, 3.05) is 7.11 Å². The van der Waals surface area contributed by atoms with Crippen molar-refractivity contribution in [1.29, 1.82) is 0 Å². The second-order valence-corrected chi connectivity index (χ2v) is 4.37. The van der Waals surface area contributed by atoms with Crippen molar-refractivity contribution < 1.29 is 4.74 Å². The number of rotatable bonds is 2. The van der Waals surface area contributed by atoms with Crippen LogP contribution in [0, 0.1) is 11.8 Å². The molecule has 12 heavy (non-hydrogen) atoms. The normalized spacial score (nSPS) is 32.0. The highest BCUT2D eigenvalue weighted by molar-refractivity contribution is 4.72. The van der Waals surface area contributed by atoms with Crippen molar-refractivity contribution in [3.05, 3.63) is 0 Å². The summed E-state index contributed by atoms with van der Waals surface area (Å²) >= 11 is 0. The van der Waals surface area contributed by atoms with Crippen molar-refractivity contribution >= 4 is 0 Å². The molecule has 0 N–H and O–H groups in total. The van der Waals surface area contributed by atoms with Crippen LogP contribution in [0.25, 0.3) is 0 Å². The summed E-state index contributed by atoms with van der Waals surface area (Å²) < 4.78 is 5.40. The van der Waals surface area contributed by atoms with Gasteiger partial charge in [-0.05, 0) is 31.1 Å². The van der Waals surface area contributed by atoms with E-state index in [0.717, 1.165) is 11.8 Å². The van der Waals surface area contributed by atoms with E-state index in [1.807, 2.05) is 7.11 Å². The fourth-order valence-electron chi connectivity index (χ4n) is 2.20. The molecule has 0 saturated heterocycles. The smallest absolute Gasteiger partial charge is 0.0571 e. The second kappa shape index (κ2) is 4.86. The molecule has 1 nitrogen and oxygen atoms in total. The largest absolute Gasteiger partial charge is 0.381 e. The molecule has 0 spiro atoms. The first kappa shape index (κ1) is 10.0. The first-order valence-electron chi connectivity index (χ1n) is 5.26. The zero-order valence-electron chi connectivity index (χ0n) is 8.68. The van der Waals surface area contributed by atoms with Gasteiger partial charge in [0.2, 0.25) is 0 Å². The lowest BCUT2D eigenvalue weighted by molar-refractivity contribution is 0.0884. The monoisotopic (exact) mass is 170 g/mol. The molecule has 0 heterocycles. The first-order chi connectivity index (χ1) is 5.74. The Morgan fingerprint density at radius 1 is 1.08 bits per heavy atom. The van der Waals surface area contributed by atoms with Crippen molar-refractivity contribution in [2.45, 2.75) is 52.1 Å². The maximum atomic E-state index is 5.40. The van der Waals surface area contributed by atoms with Crippen LogP contribution in [0.3, 0.4) is 0 Å². The van der Waals surface area contributed by atoms with Crippen LogP contribution in [0.2, 0.25) is 0 Å². The Morgan fingerprint density at radius 2 is 1.83 bits per heavy atom. The van der Waals surface area contributed by atoms with E-state index >= 15 is 0 Å². The van der Waals surface area contributed by atoms with E-state index in [4.69, 9.17) is 4.74 Å². The van der Waals surface area contributed by atoms with Gasteiger partial charge < -0.3 is 4.74 Å². The van der Waals surface area contributed by atoms with E-state index in [1.165, 1.54) is 32.1 Å². The number of hydrogen-bond donors (Lipinski definition) is 0. The lowest BCUT2D eigenvalue weighted by Crippen LogP contribution is -2.10. The second-order valence-electron chi connectivity index (χ2n) is 4.37. The summed E-state index contributed by atoms with van der Waals surface area (Å²) in [6, 6.07) is 0. The average Bonchev–Trinajstić information content (AvgIpc) is 2.28. The van der Waals surface area contributed by atoms with E-state index < -0.39 is 0 Å². The molecule has 1 saturated carbocycles. The molecule has 2 unspecified atom stereocenters. The van der Waals surface area contributed by atoms with Gasteiger partial charge in [-0.25, -0.2) is 0 Å². The maximum Gasteiger partial charge on any atom is 0.0571 e. The minimum Gasteiger partial charge on any atom is -0.381 e. The third kappa shape index (κ3) is 2.78. The Hall–Kier alpha value is -0.0400. The molecule has 0 bridgehead atoms. The Morgan fingerprint density at radius 3 is 2.42 bits per heavy atom. The van der Waals surface area contributed by atoms with Crippen LogP contribution in [0.5, 0.6) is 0 Å². The van der Waals surface area contributed by atoms with Crippen LogP contribution in [0.4, 0.5) is 0 Å². The maximum absolute atomic E-state index is 5.40. The summed E-state index contributed by atoms with van der Waals surface area (Å²) in [5, 5.41) is 0. The van der Waals surface area contributed by atoms with Crippen LogP contribution in [0.15, 0.2) is 0 Å². The van der Waals surface area contributed by atoms with Crippen molar-refractivity contribution in [3.8, 4) is 0 Å². The summed E-state index contributed by atoms with van der Waals surface area (Å²) in [4.78, 5) is 0. The van der Waals surface area contributed by atoms with Crippen LogP contribution in [-0.4, -0.2) is 13.2 Å². The lowest BCUT2D eigenvalue weighted by atomic mass is 9.89. The zero-order chi connectivity index (χ0) is 8.97. The van der Waals surface area contributed by atoms with Crippen molar-refractivity contribution in [2.24, 2.45) is 11.8 Å². The molecule has 0 aliphatic heterocycles. The molecule has 1 heteroatoms. The molecule has 1 aliphatic carbocycles. The molecule has 0 aromatic rings. The number of ether oxygens (including phenoxy) is 1. The van der Waals surface area contributed by atoms with Crippen molar-refractivity contribution in [3.63, 3.8) is 0 Å². The summed E-state index contributed by atoms with van der Waals surface area (Å²) in [7, 11) is 1.85. The van der Waals surface area contributed by atoms with E-state index in [-0.39, 0.29) is 0 Å². The minimum atomic E-state index is 0.550. The highest BCUT2D eigenvalue weighted by Gasteiger charge is 2.20. The fraction of sp³-hybridized carbons (Fsp3) is 1.00. The predicted octanol–water partition coefficient (Wildman–Crippen LogP) is 3.24.